The molecule has 0 bridgehead atoms. The van der Waals surface area contributed by atoms with Crippen LogP contribution in [0.15, 0.2) is 72.8 Å². The van der Waals surface area contributed by atoms with E-state index >= 15 is 0 Å². The van der Waals surface area contributed by atoms with E-state index in [2.05, 4.69) is 142 Å². The van der Waals surface area contributed by atoms with Gasteiger partial charge in [0.2, 0.25) is 0 Å². The van der Waals surface area contributed by atoms with E-state index in [-0.39, 0.29) is 28.7 Å². The molecule has 0 N–H and O–H groups in total. The molecule has 0 aromatic heterocycles. The number of rotatable bonds is 2. The lowest BCUT2D eigenvalue weighted by Crippen LogP contribution is -2.57. The number of benzene rings is 4. The van der Waals surface area contributed by atoms with Gasteiger partial charge >= 0.3 is 7.12 Å². The summed E-state index contributed by atoms with van der Waals surface area (Å²) in [6.45, 7) is 21.9. The standard InChI is InChI=1S/C38H42B2O4/c1-35(2,3)25-13-17-30-28(21-25)39-29-22-26(36(4,5)6)14-18-31(29)42-33-20-24(19-32(41-30)34(33)39)23-11-15-27(16-12-23)40-43-37(7,8)38(9,10)44-40/h11-22H,1-10H3. The summed E-state index contributed by atoms with van der Waals surface area (Å²) in [6.07, 6.45) is 0. The first kappa shape index (κ1) is 29.3. The molecule has 1 saturated heterocycles. The van der Waals surface area contributed by atoms with E-state index in [1.807, 2.05) is 0 Å². The van der Waals surface area contributed by atoms with Crippen LogP contribution >= 0.6 is 0 Å². The quantitative estimate of drug-likeness (QED) is 0.206. The average Bonchev–Trinajstić information content (AvgIpc) is 3.17. The van der Waals surface area contributed by atoms with Crippen molar-refractivity contribution in [1.29, 1.82) is 0 Å². The summed E-state index contributed by atoms with van der Waals surface area (Å²) in [7, 11) is -0.393. The Morgan fingerprint density at radius 3 is 1.41 bits per heavy atom. The summed E-state index contributed by atoms with van der Waals surface area (Å²) in [4.78, 5) is 0. The Labute approximate surface area is 263 Å². The maximum atomic E-state index is 6.70. The second-order valence-electron chi connectivity index (χ2n) is 15.7. The Morgan fingerprint density at radius 2 is 0.977 bits per heavy atom. The van der Waals surface area contributed by atoms with Crippen LogP contribution in [0.5, 0.6) is 23.0 Å². The molecule has 0 aliphatic carbocycles. The molecular formula is C38H42B2O4. The number of ether oxygens (including phenoxy) is 2. The molecule has 0 saturated carbocycles. The zero-order valence-electron chi connectivity index (χ0n) is 27.7. The normalized spacial score (nSPS) is 17.8. The van der Waals surface area contributed by atoms with E-state index in [0.717, 1.165) is 45.1 Å². The predicted octanol–water partition coefficient (Wildman–Crippen LogP) is 6.98. The molecule has 4 nitrogen and oxygen atoms in total. The van der Waals surface area contributed by atoms with Gasteiger partial charge in [-0.05, 0) is 101 Å². The Balaban J connectivity index is 1.33. The van der Waals surface area contributed by atoms with Crippen LogP contribution in [0, 0.1) is 0 Å². The second kappa shape index (κ2) is 9.52. The van der Waals surface area contributed by atoms with Gasteiger partial charge in [-0.1, -0.05) is 90.1 Å². The lowest BCUT2D eigenvalue weighted by Gasteiger charge is -2.35. The van der Waals surface area contributed by atoms with Crippen molar-refractivity contribution in [2.75, 3.05) is 0 Å². The van der Waals surface area contributed by atoms with Crippen molar-refractivity contribution < 1.29 is 18.8 Å². The van der Waals surface area contributed by atoms with Gasteiger partial charge < -0.3 is 18.8 Å². The van der Waals surface area contributed by atoms with Gasteiger partial charge in [0.25, 0.3) is 6.71 Å². The Morgan fingerprint density at radius 1 is 0.523 bits per heavy atom. The van der Waals surface area contributed by atoms with Gasteiger partial charge in [0.15, 0.2) is 0 Å². The van der Waals surface area contributed by atoms with Gasteiger partial charge in [0.05, 0.1) is 11.2 Å². The summed E-state index contributed by atoms with van der Waals surface area (Å²) in [5, 5.41) is 0. The SMILES string of the molecule is CC(C)(C)c1ccc2c(c1)B1c3cc(C(C)(C)C)ccc3Oc3cc(-c4ccc(B5OC(C)(C)C(C)(C)O5)cc4)cc(c31)O2. The fourth-order valence-electron chi connectivity index (χ4n) is 6.42. The van der Waals surface area contributed by atoms with Crippen LogP contribution in [0.2, 0.25) is 0 Å². The minimum Gasteiger partial charge on any atom is -0.458 e. The van der Waals surface area contributed by atoms with Gasteiger partial charge in [0, 0.05) is 5.46 Å². The summed E-state index contributed by atoms with van der Waals surface area (Å²) in [6, 6.07) is 26.2. The van der Waals surface area contributed by atoms with Crippen LogP contribution in [-0.4, -0.2) is 25.0 Å². The molecule has 0 atom stereocenters. The van der Waals surface area contributed by atoms with Crippen molar-refractivity contribution in [3.63, 3.8) is 0 Å². The fraction of sp³-hybridized carbons (Fsp3) is 0.368. The van der Waals surface area contributed by atoms with Crippen molar-refractivity contribution in [1.82, 2.24) is 0 Å². The molecule has 3 heterocycles. The van der Waals surface area contributed by atoms with E-state index in [0.29, 0.717) is 0 Å². The van der Waals surface area contributed by atoms with E-state index in [4.69, 9.17) is 18.8 Å². The van der Waals surface area contributed by atoms with E-state index in [1.54, 1.807) is 0 Å². The molecule has 1 fully saturated rings. The molecule has 0 unspecified atom stereocenters. The molecule has 6 heteroatoms. The van der Waals surface area contributed by atoms with Crippen LogP contribution in [0.1, 0.15) is 80.4 Å². The van der Waals surface area contributed by atoms with Gasteiger partial charge in [-0.25, -0.2) is 0 Å². The summed E-state index contributed by atoms with van der Waals surface area (Å²) in [5.74, 6) is 3.51. The molecule has 4 aromatic rings. The third kappa shape index (κ3) is 4.69. The van der Waals surface area contributed by atoms with E-state index < -0.39 is 7.12 Å². The molecule has 0 spiro atoms. The maximum Gasteiger partial charge on any atom is 0.494 e. The number of fused-ring (bicyclic) bond motifs is 4. The van der Waals surface area contributed by atoms with Crippen LogP contribution in [-0.2, 0) is 20.1 Å². The van der Waals surface area contributed by atoms with Gasteiger partial charge in [-0.2, -0.15) is 0 Å². The number of hydrogen-bond donors (Lipinski definition) is 0. The minimum atomic E-state index is -0.393. The molecule has 0 amide bonds. The highest BCUT2D eigenvalue weighted by atomic mass is 16.7. The van der Waals surface area contributed by atoms with Gasteiger partial charge in [-0.3, -0.25) is 0 Å². The molecule has 224 valence electrons. The first-order valence-electron chi connectivity index (χ1n) is 15.8. The van der Waals surface area contributed by atoms with Crippen molar-refractivity contribution in [3.05, 3.63) is 83.9 Å². The van der Waals surface area contributed by atoms with Gasteiger partial charge in [-0.15, -0.1) is 0 Å². The first-order valence-corrected chi connectivity index (χ1v) is 15.8. The highest BCUT2D eigenvalue weighted by molar-refractivity contribution is 6.98. The van der Waals surface area contributed by atoms with Crippen molar-refractivity contribution >= 4 is 35.7 Å². The third-order valence-corrected chi connectivity index (χ3v) is 9.98. The molecular weight excluding hydrogens is 542 g/mol. The summed E-state index contributed by atoms with van der Waals surface area (Å²) in [5.41, 5.74) is 8.50. The monoisotopic (exact) mass is 584 g/mol. The van der Waals surface area contributed by atoms with Crippen molar-refractivity contribution in [2.45, 2.75) is 91.3 Å². The molecule has 3 aliphatic rings. The molecule has 44 heavy (non-hydrogen) atoms. The van der Waals surface area contributed by atoms with Crippen LogP contribution in [0.3, 0.4) is 0 Å². The first-order chi connectivity index (χ1) is 20.5. The maximum absolute atomic E-state index is 6.70. The second-order valence-corrected chi connectivity index (χ2v) is 15.7. The highest BCUT2D eigenvalue weighted by Crippen LogP contribution is 2.40. The summed E-state index contributed by atoms with van der Waals surface area (Å²) >= 11 is 0. The van der Waals surface area contributed by atoms with Crippen LogP contribution in [0.25, 0.3) is 11.1 Å². The minimum absolute atomic E-state index is 0.0233. The fourth-order valence-corrected chi connectivity index (χ4v) is 6.42. The van der Waals surface area contributed by atoms with E-state index in [9.17, 15) is 0 Å². The molecule has 3 aliphatic heterocycles. The average molecular weight is 584 g/mol. The van der Waals surface area contributed by atoms with Crippen molar-refractivity contribution in [2.24, 2.45) is 0 Å². The van der Waals surface area contributed by atoms with Crippen LogP contribution < -0.4 is 31.3 Å². The predicted molar refractivity (Wildman–Crippen MR) is 183 cm³/mol. The summed E-state index contributed by atoms with van der Waals surface area (Å²) < 4.78 is 26.0. The lowest BCUT2D eigenvalue weighted by atomic mass is 9.34. The Hall–Kier alpha value is -3.47. The largest absolute Gasteiger partial charge is 0.494 e. The van der Waals surface area contributed by atoms with Crippen molar-refractivity contribution in [3.8, 4) is 34.1 Å². The number of hydrogen-bond acceptors (Lipinski definition) is 4. The molecule has 4 aromatic carbocycles. The smallest absolute Gasteiger partial charge is 0.458 e. The Kier molecular flexibility index (Phi) is 6.33. The molecule has 7 rings (SSSR count). The van der Waals surface area contributed by atoms with E-state index in [1.165, 1.54) is 22.1 Å². The highest BCUT2D eigenvalue weighted by Gasteiger charge is 2.51. The lowest BCUT2D eigenvalue weighted by molar-refractivity contribution is 0.00578. The zero-order valence-corrected chi connectivity index (χ0v) is 27.7. The Bertz CT molecular complexity index is 1690. The topological polar surface area (TPSA) is 36.9 Å². The third-order valence-electron chi connectivity index (χ3n) is 9.98. The zero-order chi connectivity index (χ0) is 31.4. The molecule has 0 radical (unpaired) electrons. The van der Waals surface area contributed by atoms with Gasteiger partial charge in [0.1, 0.15) is 23.0 Å². The van der Waals surface area contributed by atoms with Crippen LogP contribution in [0.4, 0.5) is 0 Å².